The molecule has 0 unspecified atom stereocenters. The minimum atomic E-state index is -0.192. The molecule has 1 aliphatic carbocycles. The maximum atomic E-state index is 13.5. The Morgan fingerprint density at radius 3 is 2.62 bits per heavy atom. The molecule has 202 valence electrons. The third-order valence-corrected chi connectivity index (χ3v) is 8.71. The number of anilines is 1. The molecule has 1 heterocycles. The topological polar surface area (TPSA) is 58.6 Å². The number of fused-ring (bicyclic) bond motifs is 1. The van der Waals surface area contributed by atoms with Crippen LogP contribution in [0.4, 0.5) is 5.69 Å². The number of nitrogens with zero attached hydrogens (tertiary/aromatic N) is 1. The van der Waals surface area contributed by atoms with Gasteiger partial charge in [0, 0.05) is 17.4 Å². The van der Waals surface area contributed by atoms with Gasteiger partial charge in [-0.2, -0.15) is 11.8 Å². The second-order valence-corrected chi connectivity index (χ2v) is 11.7. The molecule has 1 N–H and O–H groups in total. The third kappa shape index (κ3) is 7.12. The lowest BCUT2D eigenvalue weighted by atomic mass is 10.0. The highest BCUT2D eigenvalue weighted by atomic mass is 32.2. The molecule has 2 aliphatic rings. The van der Waals surface area contributed by atoms with Crippen LogP contribution in [-0.2, 0) is 11.3 Å². The third-order valence-electron chi connectivity index (χ3n) is 7.24. The first-order valence-electron chi connectivity index (χ1n) is 13.9. The van der Waals surface area contributed by atoms with Gasteiger partial charge >= 0.3 is 0 Å². The number of carbonyl (C=O) groups is 2. The number of carbonyl (C=O) groups excluding carboxylic acids is 2. The lowest BCUT2D eigenvalue weighted by Crippen LogP contribution is -2.36. The summed E-state index contributed by atoms with van der Waals surface area (Å²) in [5, 5.41) is 3.84. The van der Waals surface area contributed by atoms with E-state index in [4.69, 9.17) is 4.74 Å². The van der Waals surface area contributed by atoms with E-state index in [1.165, 1.54) is 32.1 Å². The zero-order valence-corrected chi connectivity index (χ0v) is 23.3. The normalized spacial score (nSPS) is 16.6. The van der Waals surface area contributed by atoms with Crippen LogP contribution in [-0.4, -0.2) is 29.4 Å². The summed E-state index contributed by atoms with van der Waals surface area (Å²) >= 11 is 2.06. The highest BCUT2D eigenvalue weighted by Crippen LogP contribution is 2.36. The number of rotatable bonds is 9. The summed E-state index contributed by atoms with van der Waals surface area (Å²) in [4.78, 5) is 27.9. The number of ether oxygens (including phenoxy) is 1. The van der Waals surface area contributed by atoms with Crippen molar-refractivity contribution in [1.29, 1.82) is 0 Å². The number of aryl methyl sites for hydroxylation is 1. The minimum absolute atomic E-state index is 0.0693. The first-order valence-corrected chi connectivity index (χ1v) is 15.0. The number of thioether (sulfide) groups is 1. The Kier molecular flexibility index (Phi) is 9.04. The van der Waals surface area contributed by atoms with E-state index >= 15 is 0 Å². The molecule has 39 heavy (non-hydrogen) atoms. The Morgan fingerprint density at radius 1 is 1.03 bits per heavy atom. The van der Waals surface area contributed by atoms with Crippen LogP contribution < -0.4 is 15.0 Å². The molecule has 6 heteroatoms. The van der Waals surface area contributed by atoms with Crippen LogP contribution in [0.5, 0.6) is 5.75 Å². The highest BCUT2D eigenvalue weighted by molar-refractivity contribution is 7.99. The molecule has 1 fully saturated rings. The van der Waals surface area contributed by atoms with Crippen LogP contribution >= 0.6 is 11.8 Å². The number of benzene rings is 3. The van der Waals surface area contributed by atoms with Crippen molar-refractivity contribution in [3.8, 4) is 5.75 Å². The van der Waals surface area contributed by atoms with Crippen molar-refractivity contribution in [3.63, 3.8) is 0 Å². The average molecular weight is 541 g/mol. The minimum Gasteiger partial charge on any atom is -0.449 e. The van der Waals surface area contributed by atoms with Gasteiger partial charge in [0.1, 0.15) is 0 Å². The summed E-state index contributed by atoms with van der Waals surface area (Å²) in [6, 6.07) is 23.1. The molecule has 3 aromatic carbocycles. The molecule has 1 aliphatic heterocycles. The molecule has 0 saturated heterocycles. The fraction of sp³-hybridized carbons (Fsp3) is 0.333. The van der Waals surface area contributed by atoms with Crippen LogP contribution in [0.15, 0.2) is 78.6 Å². The summed E-state index contributed by atoms with van der Waals surface area (Å²) in [6.45, 7) is 3.19. The van der Waals surface area contributed by atoms with E-state index in [9.17, 15) is 9.59 Å². The van der Waals surface area contributed by atoms with Crippen molar-refractivity contribution in [3.05, 3.63) is 101 Å². The van der Waals surface area contributed by atoms with Crippen molar-refractivity contribution in [2.45, 2.75) is 57.2 Å². The van der Waals surface area contributed by atoms with Crippen molar-refractivity contribution in [1.82, 2.24) is 5.32 Å². The van der Waals surface area contributed by atoms with E-state index in [0.29, 0.717) is 24.4 Å². The van der Waals surface area contributed by atoms with Gasteiger partial charge in [0.2, 0.25) is 0 Å². The average Bonchev–Trinajstić information content (AvgIpc) is 2.96. The standard InChI is InChI=1S/C33H36N2O3S/c1-24-9-7-10-26(21-24)23-35-29-13-5-6-14-30(29)38-31(33(35)37)22-25-15-17-27(18-16-25)32(36)34-19-8-20-39-28-11-3-2-4-12-28/h5-7,9-10,13-18,21-22,28H,2-4,8,11-12,19-20,23H2,1H3,(H,34,36)/b31-22+. The SMILES string of the molecule is Cc1cccc(CN2C(=O)/C(=C\c3ccc(C(=O)NCCCSC4CCCCC4)cc3)Oc3ccccc32)c1. The summed E-state index contributed by atoms with van der Waals surface area (Å²) in [5.74, 6) is 1.74. The zero-order valence-electron chi connectivity index (χ0n) is 22.5. The Hall–Kier alpha value is -3.51. The molecule has 1 saturated carbocycles. The molecule has 2 amide bonds. The summed E-state index contributed by atoms with van der Waals surface area (Å²) in [5.41, 5.74) is 4.38. The molecule has 0 radical (unpaired) electrons. The van der Waals surface area contributed by atoms with E-state index in [-0.39, 0.29) is 17.6 Å². The van der Waals surface area contributed by atoms with Crippen LogP contribution in [0.1, 0.15) is 65.6 Å². The van der Waals surface area contributed by atoms with Gasteiger partial charge in [0.05, 0.1) is 12.2 Å². The number of hydrogen-bond acceptors (Lipinski definition) is 4. The molecule has 0 aromatic heterocycles. The summed E-state index contributed by atoms with van der Waals surface area (Å²) < 4.78 is 6.03. The van der Waals surface area contributed by atoms with Gasteiger partial charge in [0.25, 0.3) is 11.8 Å². The van der Waals surface area contributed by atoms with Gasteiger partial charge in [-0.25, -0.2) is 0 Å². The number of nitrogens with one attached hydrogen (secondary N) is 1. The predicted molar refractivity (Wildman–Crippen MR) is 160 cm³/mol. The first-order chi connectivity index (χ1) is 19.1. The van der Waals surface area contributed by atoms with E-state index in [1.54, 1.807) is 23.1 Å². The lowest BCUT2D eigenvalue weighted by molar-refractivity contribution is -0.117. The monoisotopic (exact) mass is 540 g/mol. The first kappa shape index (κ1) is 27.1. The Bertz CT molecular complexity index is 1330. The van der Waals surface area contributed by atoms with Crippen molar-refractivity contribution < 1.29 is 14.3 Å². The lowest BCUT2D eigenvalue weighted by Gasteiger charge is -2.30. The zero-order chi connectivity index (χ0) is 27.0. The molecule has 3 aromatic rings. The molecule has 5 nitrogen and oxygen atoms in total. The summed E-state index contributed by atoms with van der Waals surface area (Å²) in [6.07, 6.45) is 9.51. The fourth-order valence-corrected chi connectivity index (χ4v) is 6.46. The second-order valence-electron chi connectivity index (χ2n) is 10.3. The van der Waals surface area contributed by atoms with Crippen LogP contribution in [0.2, 0.25) is 0 Å². The Labute approximate surface area is 235 Å². The molecule has 0 spiro atoms. The summed E-state index contributed by atoms with van der Waals surface area (Å²) in [7, 11) is 0. The molecule has 0 atom stereocenters. The maximum Gasteiger partial charge on any atom is 0.294 e. The van der Waals surface area contributed by atoms with Crippen LogP contribution in [0, 0.1) is 6.92 Å². The molecule has 0 bridgehead atoms. The number of para-hydroxylation sites is 2. The second kappa shape index (κ2) is 13.0. The van der Waals surface area contributed by atoms with Gasteiger partial charge in [-0.05, 0) is 73.4 Å². The largest absolute Gasteiger partial charge is 0.449 e. The van der Waals surface area contributed by atoms with Gasteiger partial charge in [-0.3, -0.25) is 14.5 Å². The molecular weight excluding hydrogens is 504 g/mol. The van der Waals surface area contributed by atoms with E-state index in [1.807, 2.05) is 61.5 Å². The maximum absolute atomic E-state index is 13.5. The van der Waals surface area contributed by atoms with Crippen molar-refractivity contribution >= 4 is 35.3 Å². The number of hydrogen-bond donors (Lipinski definition) is 1. The van der Waals surface area contributed by atoms with Crippen LogP contribution in [0.3, 0.4) is 0 Å². The van der Waals surface area contributed by atoms with E-state index in [0.717, 1.165) is 39.8 Å². The fourth-order valence-electron chi connectivity index (χ4n) is 5.15. The predicted octanol–water partition coefficient (Wildman–Crippen LogP) is 7.15. The van der Waals surface area contributed by atoms with Gasteiger partial charge in [0.15, 0.2) is 11.5 Å². The Balaban J connectivity index is 1.20. The quantitative estimate of drug-likeness (QED) is 0.231. The molecule has 5 rings (SSSR count). The smallest absolute Gasteiger partial charge is 0.294 e. The van der Waals surface area contributed by atoms with Gasteiger partial charge < -0.3 is 10.1 Å². The van der Waals surface area contributed by atoms with E-state index < -0.39 is 0 Å². The van der Waals surface area contributed by atoms with Gasteiger partial charge in [-0.1, -0.05) is 73.4 Å². The van der Waals surface area contributed by atoms with Crippen molar-refractivity contribution in [2.75, 3.05) is 17.2 Å². The number of amides is 2. The molecular formula is C33H36N2O3S. The van der Waals surface area contributed by atoms with Crippen molar-refractivity contribution in [2.24, 2.45) is 0 Å². The van der Waals surface area contributed by atoms with E-state index in [2.05, 4.69) is 23.1 Å². The Morgan fingerprint density at radius 2 is 1.82 bits per heavy atom. The van der Waals surface area contributed by atoms with Crippen LogP contribution in [0.25, 0.3) is 6.08 Å². The highest BCUT2D eigenvalue weighted by Gasteiger charge is 2.30. The van der Waals surface area contributed by atoms with Gasteiger partial charge in [-0.15, -0.1) is 0 Å².